The summed E-state index contributed by atoms with van der Waals surface area (Å²) in [5.74, 6) is -1.37. The van der Waals surface area contributed by atoms with Crippen molar-refractivity contribution < 1.29 is 27.2 Å². The smallest absolute Gasteiger partial charge is 0.339 e. The number of fused-ring (bicyclic) bond motifs is 2. The zero-order valence-corrected chi connectivity index (χ0v) is 15.5. The Hall–Kier alpha value is -1.19. The maximum atomic E-state index is 12.6. The van der Waals surface area contributed by atoms with Crippen LogP contribution in [0.5, 0.6) is 0 Å². The van der Waals surface area contributed by atoms with E-state index in [9.17, 15) is 14.7 Å². The van der Waals surface area contributed by atoms with Crippen LogP contribution in [0.15, 0.2) is 24.3 Å². The van der Waals surface area contributed by atoms with Crippen molar-refractivity contribution in [2.75, 3.05) is 0 Å². The van der Waals surface area contributed by atoms with E-state index in [0.29, 0.717) is 5.92 Å². The molecule has 0 spiro atoms. The highest BCUT2D eigenvalue weighted by atomic mass is 127. The summed E-state index contributed by atoms with van der Waals surface area (Å²) in [6.45, 7) is 4.15. The number of hydrogen-bond acceptors (Lipinski definition) is 5. The third kappa shape index (κ3) is 3.04. The van der Waals surface area contributed by atoms with Crippen LogP contribution < -0.4 is 0 Å². The fourth-order valence-corrected chi connectivity index (χ4v) is 4.51. The summed E-state index contributed by atoms with van der Waals surface area (Å²) >= 11 is 1.83. The van der Waals surface area contributed by atoms with Gasteiger partial charge in [-0.05, 0) is 24.5 Å². The van der Waals surface area contributed by atoms with E-state index in [0.717, 1.165) is 6.42 Å². The first-order valence-electron chi connectivity index (χ1n) is 7.90. The first-order chi connectivity index (χ1) is 11.4. The molecule has 0 amide bonds. The molecule has 0 radical (unpaired) electrons. The third-order valence-corrected chi connectivity index (χ3v) is 5.53. The van der Waals surface area contributed by atoms with Gasteiger partial charge in [0.25, 0.3) is 0 Å². The van der Waals surface area contributed by atoms with Crippen LogP contribution in [0.25, 0.3) is 0 Å². The Morgan fingerprint density at radius 3 is 2.50 bits per heavy atom. The van der Waals surface area contributed by atoms with Crippen LogP contribution in [0.4, 0.5) is 0 Å². The first-order valence-corrected chi connectivity index (χ1v) is 8.78. The van der Waals surface area contributed by atoms with Crippen LogP contribution in [-0.2, 0) is 12.5 Å². The molecule has 1 aromatic carbocycles. The van der Waals surface area contributed by atoms with Gasteiger partial charge in [-0.2, -0.15) is 0 Å². The van der Waals surface area contributed by atoms with Gasteiger partial charge in [-0.25, -0.2) is 9.59 Å². The van der Waals surface area contributed by atoms with Crippen LogP contribution in [0, 0.1) is 11.8 Å². The van der Waals surface area contributed by atoms with Crippen LogP contribution in [0.2, 0.25) is 0 Å². The number of halogens is 1. The average molecular weight is 446 g/mol. The van der Waals surface area contributed by atoms with Crippen molar-refractivity contribution in [2.24, 2.45) is 11.8 Å². The lowest BCUT2D eigenvalue weighted by molar-refractivity contribution is -0.154. The molecule has 6 nitrogen and oxygen atoms in total. The number of carbonyl (C=O) groups is 2. The number of ether oxygens (including phenoxy) is 2. The van der Waals surface area contributed by atoms with E-state index < -0.39 is 18.0 Å². The minimum Gasteiger partial charge on any atom is -0.478 e. The summed E-state index contributed by atoms with van der Waals surface area (Å²) in [5, 5.41) is 9.24. The lowest BCUT2D eigenvalue weighted by Crippen LogP contribution is -2.51. The predicted molar refractivity (Wildman–Crippen MR) is 93.1 cm³/mol. The second-order valence-corrected chi connectivity index (χ2v) is 6.99. The highest BCUT2D eigenvalue weighted by Crippen LogP contribution is 2.43. The second-order valence-electron chi connectivity index (χ2n) is 6.49. The van der Waals surface area contributed by atoms with Crippen molar-refractivity contribution in [2.45, 2.75) is 44.7 Å². The molecule has 0 aromatic heterocycles. The van der Waals surface area contributed by atoms with Crippen LogP contribution in [-0.4, -0.2) is 41.5 Å². The molecule has 2 saturated heterocycles. The molecular formula is C17H19IO6. The normalized spacial score (nSPS) is 34.8. The summed E-state index contributed by atoms with van der Waals surface area (Å²) in [7, 11) is 0. The van der Waals surface area contributed by atoms with E-state index in [1.165, 1.54) is 12.1 Å². The van der Waals surface area contributed by atoms with Gasteiger partial charge < -0.3 is 17.6 Å². The maximum Gasteiger partial charge on any atom is 0.339 e. The summed E-state index contributed by atoms with van der Waals surface area (Å²) in [5.41, 5.74) is -0.0325. The molecule has 1 aromatic rings. The number of carboxylic acids is 1. The summed E-state index contributed by atoms with van der Waals surface area (Å²) < 4.78 is 17.2. The van der Waals surface area contributed by atoms with Gasteiger partial charge in [0.15, 0.2) is 6.10 Å². The number of esters is 1. The molecule has 24 heavy (non-hydrogen) atoms. The molecule has 130 valence electrons. The van der Waals surface area contributed by atoms with Crippen LogP contribution >= 0.6 is 23.0 Å². The highest BCUT2D eigenvalue weighted by Gasteiger charge is 2.53. The monoisotopic (exact) mass is 446 g/mol. The Balaban J connectivity index is 1.84. The standard InChI is InChI=1S/C17H19IO6/c1-8-7-12-15(14(24-18)9(2)13(8)22-12)23-17(21)11-6-4-3-5-10(11)16(19)20/h3-6,8-9,12-15H,7H2,1-2H3,(H,19,20)/t8-,9-,12+,13-,14+,15-/m1/s1. The Labute approximate surface area is 154 Å². The minimum atomic E-state index is -1.16. The van der Waals surface area contributed by atoms with Gasteiger partial charge in [0.2, 0.25) is 0 Å². The van der Waals surface area contributed by atoms with E-state index in [4.69, 9.17) is 12.5 Å². The zero-order chi connectivity index (χ0) is 17.4. The molecule has 2 fully saturated rings. The largest absolute Gasteiger partial charge is 0.478 e. The number of rotatable bonds is 4. The second kappa shape index (κ2) is 6.97. The fourth-order valence-electron chi connectivity index (χ4n) is 3.75. The minimum absolute atomic E-state index is 0.0398. The number of carboxylic acid groups (broad SMARTS) is 1. The number of hydrogen-bond donors (Lipinski definition) is 1. The van der Waals surface area contributed by atoms with E-state index in [1.807, 2.05) is 29.9 Å². The van der Waals surface area contributed by atoms with Crippen molar-refractivity contribution in [1.82, 2.24) is 0 Å². The molecule has 0 aliphatic carbocycles. The van der Waals surface area contributed by atoms with E-state index in [-0.39, 0.29) is 35.4 Å². The maximum absolute atomic E-state index is 12.6. The number of benzene rings is 1. The Morgan fingerprint density at radius 2 is 1.88 bits per heavy atom. The van der Waals surface area contributed by atoms with Crippen LogP contribution in [0.3, 0.4) is 0 Å². The summed E-state index contributed by atoms with van der Waals surface area (Å²) in [4.78, 5) is 23.9. The molecule has 2 aliphatic heterocycles. The zero-order valence-electron chi connectivity index (χ0n) is 13.3. The van der Waals surface area contributed by atoms with E-state index in [2.05, 4.69) is 6.92 Å². The molecule has 0 saturated carbocycles. The van der Waals surface area contributed by atoms with Crippen molar-refractivity contribution in [1.29, 1.82) is 0 Å². The molecular weight excluding hydrogens is 427 g/mol. The topological polar surface area (TPSA) is 82.1 Å². The van der Waals surface area contributed by atoms with E-state index in [1.54, 1.807) is 12.1 Å². The van der Waals surface area contributed by atoms with Crippen molar-refractivity contribution in [3.05, 3.63) is 35.4 Å². The van der Waals surface area contributed by atoms with Gasteiger partial charge in [-0.3, -0.25) is 0 Å². The first kappa shape index (κ1) is 17.6. The van der Waals surface area contributed by atoms with Crippen molar-refractivity contribution in [3.8, 4) is 0 Å². The van der Waals surface area contributed by atoms with E-state index >= 15 is 0 Å². The van der Waals surface area contributed by atoms with Gasteiger partial charge in [0.05, 0.1) is 23.3 Å². The highest BCUT2D eigenvalue weighted by molar-refractivity contribution is 14.1. The van der Waals surface area contributed by atoms with Crippen LogP contribution in [0.1, 0.15) is 41.0 Å². The van der Waals surface area contributed by atoms with Gasteiger partial charge in [0, 0.05) is 5.92 Å². The summed E-state index contributed by atoms with van der Waals surface area (Å²) in [6.07, 6.45) is -0.157. The molecule has 2 bridgehead atoms. The third-order valence-electron chi connectivity index (χ3n) is 4.95. The Morgan fingerprint density at radius 1 is 1.21 bits per heavy atom. The lowest BCUT2D eigenvalue weighted by atomic mass is 9.89. The number of aromatic carboxylic acids is 1. The Bertz CT molecular complexity index is 648. The Kier molecular flexibility index (Phi) is 5.12. The van der Waals surface area contributed by atoms with Crippen molar-refractivity contribution in [3.63, 3.8) is 0 Å². The lowest BCUT2D eigenvalue weighted by Gasteiger charge is -2.39. The van der Waals surface area contributed by atoms with Gasteiger partial charge >= 0.3 is 11.9 Å². The molecule has 2 heterocycles. The van der Waals surface area contributed by atoms with Gasteiger partial charge in [-0.1, -0.05) is 26.0 Å². The summed E-state index contributed by atoms with van der Waals surface area (Å²) in [6, 6.07) is 6.03. The SMILES string of the molecule is C[C@H]1[C@H](OI)[C@H](OC(=O)c2ccccc2C(=O)O)[C@@H]2C[C@@H](C)[C@H]1O2. The predicted octanol–water partition coefficient (Wildman–Crippen LogP) is 3.09. The molecule has 1 N–H and O–H groups in total. The quantitative estimate of drug-likeness (QED) is 0.566. The molecule has 2 aliphatic rings. The molecule has 7 heteroatoms. The molecule has 0 unspecified atom stereocenters. The molecule has 6 atom stereocenters. The van der Waals surface area contributed by atoms with Crippen molar-refractivity contribution >= 4 is 34.9 Å². The fraction of sp³-hybridized carbons (Fsp3) is 0.529. The number of carbonyl (C=O) groups excluding carboxylic acids is 1. The van der Waals surface area contributed by atoms with Gasteiger partial charge in [-0.15, -0.1) is 0 Å². The average Bonchev–Trinajstić information content (AvgIpc) is 2.91. The van der Waals surface area contributed by atoms with Gasteiger partial charge in [0.1, 0.15) is 29.1 Å². The molecule has 3 rings (SSSR count).